The Labute approximate surface area is 162 Å². The molecule has 4 nitrogen and oxygen atoms in total. The lowest BCUT2D eigenvalue weighted by atomic mass is 10.0. The Bertz CT molecular complexity index is 714. The molecular formula is C23H30N2O2. The first-order chi connectivity index (χ1) is 13.0. The number of amides is 2. The van der Waals surface area contributed by atoms with Gasteiger partial charge >= 0.3 is 0 Å². The van der Waals surface area contributed by atoms with Gasteiger partial charge in [-0.25, -0.2) is 0 Å². The van der Waals surface area contributed by atoms with Crippen molar-refractivity contribution in [2.75, 3.05) is 6.54 Å². The van der Waals surface area contributed by atoms with E-state index >= 15 is 0 Å². The van der Waals surface area contributed by atoms with Crippen LogP contribution >= 0.6 is 0 Å². The van der Waals surface area contributed by atoms with Crippen LogP contribution < -0.4 is 5.32 Å². The minimum Gasteiger partial charge on any atom is -0.354 e. The molecule has 144 valence electrons. The van der Waals surface area contributed by atoms with Gasteiger partial charge in [0.25, 0.3) is 0 Å². The van der Waals surface area contributed by atoms with Crippen LogP contribution in [0.5, 0.6) is 0 Å². The number of carbonyl (C=O) groups is 2. The topological polar surface area (TPSA) is 49.4 Å². The molecule has 2 aromatic rings. The Morgan fingerprint density at radius 1 is 0.963 bits per heavy atom. The molecule has 0 saturated heterocycles. The zero-order valence-electron chi connectivity index (χ0n) is 16.5. The highest BCUT2D eigenvalue weighted by atomic mass is 16.2. The van der Waals surface area contributed by atoms with Gasteiger partial charge in [-0.2, -0.15) is 0 Å². The van der Waals surface area contributed by atoms with E-state index < -0.39 is 6.04 Å². The van der Waals surface area contributed by atoms with E-state index in [0.717, 1.165) is 17.5 Å². The lowest BCUT2D eigenvalue weighted by molar-refractivity contribution is -0.141. The molecule has 2 aromatic carbocycles. The van der Waals surface area contributed by atoms with Crippen molar-refractivity contribution in [1.29, 1.82) is 0 Å². The lowest BCUT2D eigenvalue weighted by Crippen LogP contribution is -2.43. The maximum absolute atomic E-state index is 13.1. The number of hydrogen-bond donors (Lipinski definition) is 1. The number of nitrogens with one attached hydrogen (secondary N) is 1. The van der Waals surface area contributed by atoms with Crippen molar-refractivity contribution in [1.82, 2.24) is 10.2 Å². The van der Waals surface area contributed by atoms with Crippen molar-refractivity contribution >= 4 is 11.8 Å². The van der Waals surface area contributed by atoms with Gasteiger partial charge in [0.2, 0.25) is 11.8 Å². The van der Waals surface area contributed by atoms with Gasteiger partial charge in [0.15, 0.2) is 0 Å². The number of nitrogens with zero attached hydrogens (tertiary/aromatic N) is 1. The average molecular weight is 367 g/mol. The third-order valence-electron chi connectivity index (χ3n) is 4.51. The fraction of sp³-hybridized carbons (Fsp3) is 0.391. The second-order valence-electron chi connectivity index (χ2n) is 7.15. The van der Waals surface area contributed by atoms with Crippen molar-refractivity contribution < 1.29 is 9.59 Å². The normalized spacial score (nSPS) is 11.9. The molecule has 0 spiro atoms. The van der Waals surface area contributed by atoms with Gasteiger partial charge in [-0.1, -0.05) is 81.4 Å². The Balaban J connectivity index is 2.31. The van der Waals surface area contributed by atoms with Gasteiger partial charge in [-0.15, -0.1) is 0 Å². The third-order valence-corrected chi connectivity index (χ3v) is 4.51. The van der Waals surface area contributed by atoms with Gasteiger partial charge in [0, 0.05) is 19.5 Å². The Hall–Kier alpha value is -2.62. The van der Waals surface area contributed by atoms with E-state index in [1.165, 1.54) is 0 Å². The summed E-state index contributed by atoms with van der Waals surface area (Å²) in [5, 5.41) is 3.02. The molecule has 0 radical (unpaired) electrons. The monoisotopic (exact) mass is 366 g/mol. The van der Waals surface area contributed by atoms with E-state index in [2.05, 4.69) is 19.2 Å². The van der Waals surface area contributed by atoms with E-state index in [4.69, 9.17) is 0 Å². The van der Waals surface area contributed by atoms with Crippen molar-refractivity contribution in [3.8, 4) is 0 Å². The Morgan fingerprint density at radius 2 is 1.56 bits per heavy atom. The van der Waals surface area contributed by atoms with Crippen LogP contribution in [0.15, 0.2) is 60.7 Å². The number of carbonyl (C=O) groups excluding carboxylic acids is 2. The molecule has 0 aromatic heterocycles. The van der Waals surface area contributed by atoms with Crippen LogP contribution in [0.4, 0.5) is 0 Å². The highest BCUT2D eigenvalue weighted by molar-refractivity contribution is 5.88. The van der Waals surface area contributed by atoms with E-state index in [0.29, 0.717) is 25.4 Å². The number of benzene rings is 2. The van der Waals surface area contributed by atoms with Crippen LogP contribution in [0, 0.1) is 5.92 Å². The second kappa shape index (κ2) is 10.5. The summed E-state index contributed by atoms with van der Waals surface area (Å²) in [6.45, 7) is 7.11. The molecule has 2 amide bonds. The van der Waals surface area contributed by atoms with Gasteiger partial charge in [0.05, 0.1) is 0 Å². The highest BCUT2D eigenvalue weighted by Gasteiger charge is 2.30. The molecule has 0 aliphatic rings. The molecule has 1 N–H and O–H groups in total. The molecule has 0 heterocycles. The quantitative estimate of drug-likeness (QED) is 0.718. The van der Waals surface area contributed by atoms with Crippen molar-refractivity contribution in [2.45, 2.75) is 46.2 Å². The Kier molecular flexibility index (Phi) is 8.05. The molecule has 0 bridgehead atoms. The maximum Gasteiger partial charge on any atom is 0.247 e. The molecule has 0 aliphatic heterocycles. The summed E-state index contributed by atoms with van der Waals surface area (Å²) in [5.74, 6) is 0.351. The average Bonchev–Trinajstić information content (AvgIpc) is 2.68. The largest absolute Gasteiger partial charge is 0.354 e. The summed E-state index contributed by atoms with van der Waals surface area (Å²) in [6, 6.07) is 18.7. The van der Waals surface area contributed by atoms with Crippen LogP contribution in [0.3, 0.4) is 0 Å². The molecular weight excluding hydrogens is 336 g/mol. The molecule has 1 atom stereocenters. The first-order valence-electron chi connectivity index (χ1n) is 9.69. The fourth-order valence-corrected chi connectivity index (χ4v) is 3.00. The summed E-state index contributed by atoms with van der Waals surface area (Å²) in [4.78, 5) is 27.5. The van der Waals surface area contributed by atoms with Crippen molar-refractivity contribution in [2.24, 2.45) is 5.92 Å². The molecule has 0 aliphatic carbocycles. The second-order valence-corrected chi connectivity index (χ2v) is 7.15. The summed E-state index contributed by atoms with van der Waals surface area (Å²) in [7, 11) is 0. The third kappa shape index (κ3) is 6.24. The van der Waals surface area contributed by atoms with E-state index in [-0.39, 0.29) is 11.8 Å². The summed E-state index contributed by atoms with van der Waals surface area (Å²) >= 11 is 0. The smallest absolute Gasteiger partial charge is 0.247 e. The molecule has 0 fully saturated rings. The zero-order valence-corrected chi connectivity index (χ0v) is 16.5. The van der Waals surface area contributed by atoms with Crippen LogP contribution in [-0.2, 0) is 16.1 Å². The maximum atomic E-state index is 13.1. The van der Waals surface area contributed by atoms with Crippen LogP contribution in [0.1, 0.15) is 50.8 Å². The molecule has 0 unspecified atom stereocenters. The predicted molar refractivity (Wildman–Crippen MR) is 109 cm³/mol. The standard InChI is InChI=1S/C23H30N2O2/c1-4-21(26)25(17-19-11-7-5-8-12-19)22(20-13-9-6-10-14-20)23(27)24-16-15-18(2)3/h5-14,18,22H,4,15-17H2,1-3H3,(H,24,27)/t22-/m0/s1. The van der Waals surface area contributed by atoms with Crippen molar-refractivity contribution in [3.63, 3.8) is 0 Å². The first-order valence-corrected chi connectivity index (χ1v) is 9.69. The van der Waals surface area contributed by atoms with Gasteiger partial charge in [-0.05, 0) is 23.5 Å². The predicted octanol–water partition coefficient (Wildman–Crippen LogP) is 4.33. The molecule has 0 saturated carbocycles. The van der Waals surface area contributed by atoms with Gasteiger partial charge in [0.1, 0.15) is 6.04 Å². The van der Waals surface area contributed by atoms with Gasteiger partial charge in [-0.3, -0.25) is 9.59 Å². The molecule has 2 rings (SSSR count). The molecule has 27 heavy (non-hydrogen) atoms. The van der Waals surface area contributed by atoms with E-state index in [9.17, 15) is 9.59 Å². The first kappa shape index (κ1) is 20.7. The minimum atomic E-state index is -0.633. The number of rotatable bonds is 9. The highest BCUT2D eigenvalue weighted by Crippen LogP contribution is 2.24. The van der Waals surface area contributed by atoms with Crippen molar-refractivity contribution in [3.05, 3.63) is 71.8 Å². The van der Waals surface area contributed by atoms with Crippen LogP contribution in [-0.4, -0.2) is 23.3 Å². The molecule has 4 heteroatoms. The van der Waals surface area contributed by atoms with E-state index in [1.807, 2.05) is 67.6 Å². The SMILES string of the molecule is CCC(=O)N(Cc1ccccc1)[C@H](C(=O)NCCC(C)C)c1ccccc1. The minimum absolute atomic E-state index is 0.0354. The summed E-state index contributed by atoms with van der Waals surface area (Å²) in [6.07, 6.45) is 1.27. The van der Waals surface area contributed by atoms with Gasteiger partial charge < -0.3 is 10.2 Å². The van der Waals surface area contributed by atoms with Crippen LogP contribution in [0.25, 0.3) is 0 Å². The summed E-state index contributed by atoms with van der Waals surface area (Å²) in [5.41, 5.74) is 1.84. The number of hydrogen-bond acceptors (Lipinski definition) is 2. The fourth-order valence-electron chi connectivity index (χ4n) is 3.00. The summed E-state index contributed by atoms with van der Waals surface area (Å²) < 4.78 is 0. The lowest BCUT2D eigenvalue weighted by Gasteiger charge is -2.31. The Morgan fingerprint density at radius 3 is 2.11 bits per heavy atom. The van der Waals surface area contributed by atoms with Crippen LogP contribution in [0.2, 0.25) is 0 Å². The van der Waals surface area contributed by atoms with E-state index in [1.54, 1.807) is 4.90 Å². The zero-order chi connectivity index (χ0) is 19.6.